The van der Waals surface area contributed by atoms with Gasteiger partial charge in [-0.15, -0.1) is 0 Å². The van der Waals surface area contributed by atoms with Crippen molar-refractivity contribution < 1.29 is 35.9 Å². The Hall–Kier alpha value is -2.38. The van der Waals surface area contributed by atoms with Gasteiger partial charge in [-0.3, -0.25) is 9.58 Å². The Morgan fingerprint density at radius 1 is 1.43 bits per heavy atom. The first-order chi connectivity index (χ1) is 13.0. The molecule has 0 amide bonds. The molecule has 3 rings (SSSR count). The summed E-state index contributed by atoms with van der Waals surface area (Å²) in [6, 6.07) is 5.75. The molecule has 3 heterocycles. The Kier molecular flexibility index (Phi) is 6.85. The Labute approximate surface area is 158 Å². The smallest absolute Gasteiger partial charge is 0.475 e. The average molecular weight is 424 g/mol. The summed E-state index contributed by atoms with van der Waals surface area (Å²) in [5.74, 6) is -1.86. The van der Waals surface area contributed by atoms with Crippen LogP contribution in [0.3, 0.4) is 0 Å². The third kappa shape index (κ3) is 6.65. The lowest BCUT2D eigenvalue weighted by Gasteiger charge is -2.33. The van der Waals surface area contributed by atoms with Crippen molar-refractivity contribution in [3.05, 3.63) is 42.1 Å². The van der Waals surface area contributed by atoms with Crippen molar-refractivity contribution in [2.45, 2.75) is 25.3 Å². The number of nitrogens with zero attached hydrogens (tertiary/aromatic N) is 3. The molecule has 0 radical (unpaired) electrons. The summed E-state index contributed by atoms with van der Waals surface area (Å²) < 4.78 is 64.2. The summed E-state index contributed by atoms with van der Waals surface area (Å²) in [5, 5.41) is 11.4. The van der Waals surface area contributed by atoms with Crippen LogP contribution in [-0.4, -0.2) is 59.7 Å². The Balaban J connectivity index is 0.000000345. The summed E-state index contributed by atoms with van der Waals surface area (Å²) >= 11 is 0. The summed E-state index contributed by atoms with van der Waals surface area (Å²) in [6.07, 6.45) is -0.508. The van der Waals surface area contributed by atoms with Crippen LogP contribution in [0, 0.1) is 0 Å². The number of carboxylic acids is 1. The maximum atomic E-state index is 11.3. The zero-order valence-electron chi connectivity index (χ0n) is 14.8. The van der Waals surface area contributed by atoms with E-state index in [0.29, 0.717) is 13.1 Å². The van der Waals surface area contributed by atoms with Gasteiger partial charge in [-0.1, -0.05) is 0 Å². The van der Waals surface area contributed by atoms with Crippen molar-refractivity contribution in [2.75, 3.05) is 19.3 Å². The zero-order valence-corrected chi connectivity index (χ0v) is 15.6. The highest BCUT2D eigenvalue weighted by Gasteiger charge is 2.38. The van der Waals surface area contributed by atoms with Gasteiger partial charge in [-0.2, -0.15) is 18.3 Å². The molecule has 0 aliphatic carbocycles. The minimum Gasteiger partial charge on any atom is -0.475 e. The number of alkyl halides is 3. The second kappa shape index (κ2) is 8.75. The molecule has 0 spiro atoms. The number of carbonyl (C=O) groups is 1. The fraction of sp³-hybridized carbons (Fsp3) is 0.467. The number of hydrogen-bond acceptors (Lipinski definition) is 6. The van der Waals surface area contributed by atoms with E-state index in [1.807, 2.05) is 22.9 Å². The summed E-state index contributed by atoms with van der Waals surface area (Å²) in [7, 11) is -3.20. The second-order valence-electron chi connectivity index (χ2n) is 6.09. The maximum Gasteiger partial charge on any atom is 0.490 e. The van der Waals surface area contributed by atoms with E-state index < -0.39 is 22.2 Å². The van der Waals surface area contributed by atoms with Crippen molar-refractivity contribution in [1.82, 2.24) is 19.4 Å². The van der Waals surface area contributed by atoms with E-state index in [4.69, 9.17) is 14.3 Å². The molecule has 28 heavy (non-hydrogen) atoms. The molecule has 156 valence electrons. The monoisotopic (exact) mass is 424 g/mol. The van der Waals surface area contributed by atoms with Crippen LogP contribution in [-0.2, 0) is 27.9 Å². The highest BCUT2D eigenvalue weighted by Crippen LogP contribution is 2.21. The first-order valence-electron chi connectivity index (χ1n) is 7.97. The Morgan fingerprint density at radius 3 is 2.64 bits per heavy atom. The number of aromatic nitrogens is 2. The van der Waals surface area contributed by atoms with Gasteiger partial charge in [0.1, 0.15) is 5.76 Å². The molecule has 0 saturated carbocycles. The van der Waals surface area contributed by atoms with Crippen LogP contribution in [0.15, 0.2) is 35.1 Å². The molecule has 1 aliphatic heterocycles. The van der Waals surface area contributed by atoms with E-state index in [2.05, 4.69) is 14.7 Å². The number of hydrogen-bond donors (Lipinski definition) is 2. The Bertz CT molecular complexity index is 880. The molecule has 9 nitrogen and oxygen atoms in total. The molecule has 1 unspecified atom stereocenters. The molecule has 13 heteroatoms. The van der Waals surface area contributed by atoms with Crippen LogP contribution in [0.4, 0.5) is 13.2 Å². The van der Waals surface area contributed by atoms with E-state index in [9.17, 15) is 21.6 Å². The minimum atomic E-state index is -5.08. The summed E-state index contributed by atoms with van der Waals surface area (Å²) in [6.45, 7) is 2.53. The van der Waals surface area contributed by atoms with Crippen LogP contribution < -0.4 is 4.72 Å². The predicted molar refractivity (Wildman–Crippen MR) is 90.6 cm³/mol. The second-order valence-corrected chi connectivity index (χ2v) is 7.93. The summed E-state index contributed by atoms with van der Waals surface area (Å²) in [5.41, 5.74) is 1.08. The fourth-order valence-corrected chi connectivity index (χ4v) is 3.10. The van der Waals surface area contributed by atoms with Gasteiger partial charge in [-0.05, 0) is 18.2 Å². The number of nitrogens with one attached hydrogen (secondary N) is 1. The van der Waals surface area contributed by atoms with E-state index in [1.165, 1.54) is 6.26 Å². The molecular weight excluding hydrogens is 405 g/mol. The summed E-state index contributed by atoms with van der Waals surface area (Å²) in [4.78, 5) is 11.1. The van der Waals surface area contributed by atoms with E-state index in [-0.39, 0.29) is 6.04 Å². The lowest BCUT2D eigenvalue weighted by molar-refractivity contribution is -0.192. The number of halogens is 3. The molecule has 0 saturated heterocycles. The minimum absolute atomic E-state index is 0.0200. The van der Waals surface area contributed by atoms with Gasteiger partial charge in [0.15, 0.2) is 0 Å². The number of aliphatic carboxylic acids is 1. The molecule has 1 aliphatic rings. The number of sulfonamides is 1. The third-order valence-corrected chi connectivity index (χ3v) is 4.43. The Morgan fingerprint density at radius 2 is 2.11 bits per heavy atom. The van der Waals surface area contributed by atoms with E-state index >= 15 is 0 Å². The topological polar surface area (TPSA) is 118 Å². The largest absolute Gasteiger partial charge is 0.490 e. The highest BCUT2D eigenvalue weighted by atomic mass is 32.2. The lowest BCUT2D eigenvalue weighted by atomic mass is 10.2. The van der Waals surface area contributed by atoms with Gasteiger partial charge >= 0.3 is 12.1 Å². The van der Waals surface area contributed by atoms with E-state index in [1.54, 1.807) is 12.5 Å². The molecule has 2 aromatic heterocycles. The number of furan rings is 1. The van der Waals surface area contributed by atoms with Crippen LogP contribution >= 0.6 is 0 Å². The first kappa shape index (κ1) is 21.9. The highest BCUT2D eigenvalue weighted by molar-refractivity contribution is 7.88. The number of rotatable bonds is 5. The van der Waals surface area contributed by atoms with Gasteiger partial charge in [-0.25, -0.2) is 17.9 Å². The quantitative estimate of drug-likeness (QED) is 0.741. The SMILES string of the molecule is CS(=O)(=O)NCC1CN(Cc2ccco2)Cc2ccnn21.O=C(O)C(F)(F)F. The van der Waals surface area contributed by atoms with Gasteiger partial charge in [0, 0.05) is 25.8 Å². The molecule has 0 aromatic carbocycles. The predicted octanol–water partition coefficient (Wildman–Crippen LogP) is 1.22. The lowest BCUT2D eigenvalue weighted by Crippen LogP contribution is -2.42. The normalized spacial score (nSPS) is 17.5. The zero-order chi connectivity index (χ0) is 20.9. The fourth-order valence-electron chi connectivity index (χ4n) is 2.61. The van der Waals surface area contributed by atoms with Crippen molar-refractivity contribution in [3.8, 4) is 0 Å². The molecule has 2 N–H and O–H groups in total. The molecule has 0 fully saturated rings. The molecule has 0 bridgehead atoms. The van der Waals surface area contributed by atoms with Crippen LogP contribution in [0.1, 0.15) is 17.5 Å². The van der Waals surface area contributed by atoms with Crippen molar-refractivity contribution in [3.63, 3.8) is 0 Å². The first-order valence-corrected chi connectivity index (χ1v) is 9.86. The van der Waals surface area contributed by atoms with Crippen molar-refractivity contribution in [2.24, 2.45) is 0 Å². The van der Waals surface area contributed by atoms with Gasteiger partial charge in [0.25, 0.3) is 0 Å². The van der Waals surface area contributed by atoms with Crippen LogP contribution in [0.2, 0.25) is 0 Å². The average Bonchev–Trinajstić information content (AvgIpc) is 3.23. The third-order valence-electron chi connectivity index (χ3n) is 3.74. The van der Waals surface area contributed by atoms with Crippen molar-refractivity contribution in [1.29, 1.82) is 0 Å². The van der Waals surface area contributed by atoms with Crippen LogP contribution in [0.25, 0.3) is 0 Å². The van der Waals surface area contributed by atoms with Gasteiger partial charge in [0.05, 0.1) is 30.8 Å². The maximum absolute atomic E-state index is 11.3. The van der Waals surface area contributed by atoms with Gasteiger partial charge in [0.2, 0.25) is 10.0 Å². The molecule has 2 aromatic rings. The number of fused-ring (bicyclic) bond motifs is 1. The molecule has 1 atom stereocenters. The van der Waals surface area contributed by atoms with Gasteiger partial charge < -0.3 is 9.52 Å². The number of carboxylic acid groups (broad SMARTS) is 1. The van der Waals surface area contributed by atoms with E-state index in [0.717, 1.165) is 24.5 Å². The molecular formula is C15H19F3N4O5S. The van der Waals surface area contributed by atoms with Crippen molar-refractivity contribution >= 4 is 16.0 Å². The van der Waals surface area contributed by atoms with Crippen LogP contribution in [0.5, 0.6) is 0 Å². The standard InChI is InChI=1S/C13H18N4O3S.C2HF3O2/c1-21(18,19)15-7-12-9-16(10-13-3-2-6-20-13)8-11-4-5-14-17(11)12;3-2(4,5)1(6)7/h2-6,12,15H,7-10H2,1H3;(H,6,7).